The summed E-state index contributed by atoms with van der Waals surface area (Å²) >= 11 is 0. The van der Waals surface area contributed by atoms with Crippen molar-refractivity contribution in [1.29, 1.82) is 10.8 Å². The van der Waals surface area contributed by atoms with Gasteiger partial charge in [0.05, 0.1) is 27.5 Å². The third kappa shape index (κ3) is 6.34. The molecular formula is C21H24N5O5+. The van der Waals surface area contributed by atoms with Gasteiger partial charge in [-0.1, -0.05) is 12.1 Å². The van der Waals surface area contributed by atoms with Crippen molar-refractivity contribution in [2.45, 2.75) is 51.4 Å². The van der Waals surface area contributed by atoms with Gasteiger partial charge in [-0.2, -0.15) is 5.26 Å². The van der Waals surface area contributed by atoms with Crippen molar-refractivity contribution in [3.05, 3.63) is 35.5 Å². The number of para-hydroxylation sites is 1. The first-order chi connectivity index (χ1) is 14.8. The van der Waals surface area contributed by atoms with Crippen LogP contribution in [0.5, 0.6) is 0 Å². The van der Waals surface area contributed by atoms with Crippen LogP contribution < -0.4 is 5.32 Å². The average molecular weight is 426 g/mol. The molecule has 31 heavy (non-hydrogen) atoms. The minimum Gasteiger partial charge on any atom is -0.461 e. The van der Waals surface area contributed by atoms with E-state index >= 15 is 0 Å². The number of nitrogens with zero attached hydrogens (tertiary/aromatic N) is 2. The van der Waals surface area contributed by atoms with Crippen LogP contribution in [-0.4, -0.2) is 57.0 Å². The van der Waals surface area contributed by atoms with E-state index < -0.39 is 35.9 Å². The Morgan fingerprint density at radius 1 is 1.39 bits per heavy atom. The molecule has 0 saturated carbocycles. The molecule has 0 radical (unpaired) electrons. The number of amides is 1. The molecule has 10 heteroatoms. The lowest BCUT2D eigenvalue weighted by Crippen LogP contribution is -2.47. The first-order valence-electron chi connectivity index (χ1n) is 9.67. The molecule has 2 aromatic rings. The van der Waals surface area contributed by atoms with Crippen molar-refractivity contribution in [2.75, 3.05) is 0 Å². The average Bonchev–Trinajstić information content (AvgIpc) is 3.13. The number of ether oxygens (including phenoxy) is 1. The van der Waals surface area contributed by atoms with Crippen molar-refractivity contribution in [2.24, 2.45) is 0 Å². The molecule has 1 amide bonds. The van der Waals surface area contributed by atoms with Crippen molar-refractivity contribution in [1.82, 2.24) is 10.3 Å². The number of Topliss-reactive ketones (excluding diaryl/α,β-unsaturated/α-hetero) is 1. The van der Waals surface area contributed by atoms with Crippen LogP contribution in [0.2, 0.25) is 0 Å². The zero-order chi connectivity index (χ0) is 23.0. The minimum atomic E-state index is -1.47. The summed E-state index contributed by atoms with van der Waals surface area (Å²) in [6, 6.07) is 6.07. The maximum Gasteiger partial charge on any atom is 0.372 e. The number of benzene rings is 1. The van der Waals surface area contributed by atoms with Crippen LogP contribution >= 0.6 is 0 Å². The Hall–Kier alpha value is -3.80. The van der Waals surface area contributed by atoms with Crippen molar-refractivity contribution in [3.63, 3.8) is 0 Å². The van der Waals surface area contributed by atoms with E-state index in [0.29, 0.717) is 22.0 Å². The van der Waals surface area contributed by atoms with E-state index in [2.05, 4.69) is 21.2 Å². The summed E-state index contributed by atoms with van der Waals surface area (Å²) in [4.78, 5) is 42.3. The van der Waals surface area contributed by atoms with Gasteiger partial charge in [-0.05, 0) is 31.9 Å². The zero-order valence-electron chi connectivity index (χ0n) is 17.2. The molecule has 1 aromatic carbocycles. The molecule has 0 saturated heterocycles. The van der Waals surface area contributed by atoms with E-state index in [9.17, 15) is 24.8 Å². The van der Waals surface area contributed by atoms with Gasteiger partial charge >= 0.3 is 12.2 Å². The monoisotopic (exact) mass is 426 g/mol. The van der Waals surface area contributed by atoms with Crippen molar-refractivity contribution in [3.8, 4) is 6.07 Å². The molecule has 0 aliphatic heterocycles. The number of carbonyl (C=O) groups is 3. The molecule has 0 aliphatic rings. The second-order valence-corrected chi connectivity index (χ2v) is 7.18. The number of hydrogen-bond donors (Lipinski definition) is 4. The molecule has 0 unspecified atom stereocenters. The summed E-state index contributed by atoms with van der Waals surface area (Å²) in [6.45, 7) is 3.30. The molecule has 0 aliphatic carbocycles. The van der Waals surface area contributed by atoms with Crippen molar-refractivity contribution >= 4 is 34.8 Å². The van der Waals surface area contributed by atoms with Gasteiger partial charge in [0.2, 0.25) is 11.7 Å². The fourth-order valence-corrected chi connectivity index (χ4v) is 3.03. The summed E-state index contributed by atoms with van der Waals surface area (Å²) in [6.07, 6.45) is 0.299. The maximum absolute atomic E-state index is 12.5. The SMILES string of the molecule is CC(C)OC(=O)[C@H](CCC(=O)C=[N+]=N)NC(=O)[C@@H](O)Cc1c[nH]c2c(C#N)cccc12. The Labute approximate surface area is 178 Å². The lowest BCUT2D eigenvalue weighted by atomic mass is 10.0. The zero-order valence-corrected chi connectivity index (χ0v) is 17.2. The highest BCUT2D eigenvalue weighted by Gasteiger charge is 2.27. The number of aliphatic hydroxyl groups is 1. The van der Waals surface area contributed by atoms with Crippen LogP contribution in [0.4, 0.5) is 0 Å². The molecule has 2 rings (SSSR count). The van der Waals surface area contributed by atoms with E-state index in [1.807, 2.05) is 0 Å². The van der Waals surface area contributed by atoms with E-state index in [0.717, 1.165) is 6.21 Å². The first kappa shape index (κ1) is 23.5. The standard InChI is InChI=1S/C21H23N5O5/c1-12(2)31-21(30)17(7-6-15(27)11-25-23)26-20(29)18(28)8-14-10-24-19-13(9-22)4-3-5-16(14)19/h3-5,10-12,17-18,23-24,28H,6-8H2,1-2H3/p+1/t17-,18-/m0/s1. The predicted octanol–water partition coefficient (Wildman–Crippen LogP) is 1.04. The van der Waals surface area contributed by atoms with Crippen LogP contribution in [0.25, 0.3) is 10.9 Å². The van der Waals surface area contributed by atoms with Gasteiger partial charge in [0.1, 0.15) is 18.2 Å². The first-order valence-corrected chi connectivity index (χ1v) is 9.67. The quantitative estimate of drug-likeness (QED) is 0.191. The molecule has 4 N–H and O–H groups in total. The van der Waals surface area contributed by atoms with Gasteiger partial charge in [0, 0.05) is 24.4 Å². The van der Waals surface area contributed by atoms with E-state index in [4.69, 9.17) is 10.3 Å². The second-order valence-electron chi connectivity index (χ2n) is 7.18. The number of nitrogens with one attached hydrogen (secondary N) is 3. The predicted molar refractivity (Wildman–Crippen MR) is 109 cm³/mol. The number of rotatable bonds is 10. The number of aromatic nitrogens is 1. The Kier molecular flexibility index (Phi) is 8.20. The highest BCUT2D eigenvalue weighted by atomic mass is 16.5. The van der Waals surface area contributed by atoms with E-state index in [1.54, 1.807) is 38.2 Å². The number of ketones is 1. The lowest BCUT2D eigenvalue weighted by Gasteiger charge is -2.20. The molecule has 162 valence electrons. The van der Waals surface area contributed by atoms with Crippen LogP contribution in [0.3, 0.4) is 0 Å². The van der Waals surface area contributed by atoms with Crippen LogP contribution in [0.15, 0.2) is 24.4 Å². The third-order valence-corrected chi connectivity index (χ3v) is 4.48. The number of carbonyl (C=O) groups excluding carboxylic acids is 3. The van der Waals surface area contributed by atoms with E-state index in [-0.39, 0.29) is 19.3 Å². The number of aliphatic hydroxyl groups excluding tert-OH is 1. The van der Waals surface area contributed by atoms with Gasteiger partial charge in [-0.15, -0.1) is 0 Å². The fraction of sp³-hybridized carbons (Fsp3) is 0.381. The molecule has 0 fully saturated rings. The Morgan fingerprint density at radius 3 is 2.77 bits per heavy atom. The number of H-pyrrole nitrogens is 1. The highest BCUT2D eigenvalue weighted by Crippen LogP contribution is 2.22. The summed E-state index contributed by atoms with van der Waals surface area (Å²) < 4.78 is 5.12. The fourth-order valence-electron chi connectivity index (χ4n) is 3.03. The topological polar surface area (TPSA) is 170 Å². The van der Waals surface area contributed by atoms with Crippen molar-refractivity contribution < 1.29 is 29.0 Å². The largest absolute Gasteiger partial charge is 0.461 e. The maximum atomic E-state index is 12.5. The van der Waals surface area contributed by atoms with E-state index in [1.165, 1.54) is 0 Å². The van der Waals surface area contributed by atoms with Crippen LogP contribution in [0, 0.1) is 16.9 Å². The third-order valence-electron chi connectivity index (χ3n) is 4.48. The van der Waals surface area contributed by atoms with Gasteiger partial charge in [-0.25, -0.2) is 4.79 Å². The number of aromatic amines is 1. The number of esters is 1. The lowest BCUT2D eigenvalue weighted by molar-refractivity contribution is -0.152. The normalized spacial score (nSPS) is 12.5. The van der Waals surface area contributed by atoms with Gasteiger partial charge in [-0.3, -0.25) is 9.59 Å². The summed E-state index contributed by atoms with van der Waals surface area (Å²) in [5, 5.41) is 22.7. The second kappa shape index (κ2) is 10.8. The Balaban J connectivity index is 2.11. The molecule has 2 atom stereocenters. The minimum absolute atomic E-state index is 0.0445. The summed E-state index contributed by atoms with van der Waals surface area (Å²) in [5.41, 5.74) is 8.37. The number of fused-ring (bicyclic) bond motifs is 1. The Bertz CT molecular complexity index is 1060. The molecule has 10 nitrogen and oxygen atoms in total. The van der Waals surface area contributed by atoms with Gasteiger partial charge < -0.3 is 20.1 Å². The highest BCUT2D eigenvalue weighted by molar-refractivity contribution is 6.25. The van der Waals surface area contributed by atoms with Gasteiger partial charge in [0.15, 0.2) is 0 Å². The number of hydrogen-bond acceptors (Lipinski definition) is 7. The molecule has 0 bridgehead atoms. The Morgan fingerprint density at radius 2 is 2.13 bits per heavy atom. The van der Waals surface area contributed by atoms with Crippen LogP contribution in [-0.2, 0) is 25.5 Å². The molecule has 1 heterocycles. The van der Waals surface area contributed by atoms with Gasteiger partial charge in [0.25, 0.3) is 0 Å². The molecule has 1 aromatic heterocycles. The van der Waals surface area contributed by atoms with Crippen LogP contribution in [0.1, 0.15) is 37.8 Å². The molecular weight excluding hydrogens is 402 g/mol. The smallest absolute Gasteiger partial charge is 0.372 e. The summed E-state index contributed by atoms with van der Waals surface area (Å²) in [5.74, 6) is -1.99. The summed E-state index contributed by atoms with van der Waals surface area (Å²) in [7, 11) is 0. The number of nitriles is 1. The molecule has 0 spiro atoms.